The van der Waals surface area contributed by atoms with Crippen LogP contribution < -0.4 is 4.74 Å². The summed E-state index contributed by atoms with van der Waals surface area (Å²) in [5.41, 5.74) is -1.63. The molecule has 0 unspecified atom stereocenters. The van der Waals surface area contributed by atoms with E-state index in [1.54, 1.807) is 0 Å². The van der Waals surface area contributed by atoms with Gasteiger partial charge in [0.05, 0.1) is 12.7 Å². The van der Waals surface area contributed by atoms with Gasteiger partial charge in [0, 0.05) is 5.56 Å². The molecule has 1 fully saturated rings. The van der Waals surface area contributed by atoms with Crippen molar-refractivity contribution in [1.29, 1.82) is 5.26 Å². The number of halogens is 1. The summed E-state index contributed by atoms with van der Waals surface area (Å²) in [6, 6.07) is 4.63. The fourth-order valence-electron chi connectivity index (χ4n) is 2.22. The van der Waals surface area contributed by atoms with Crippen molar-refractivity contribution >= 4 is 5.97 Å². The second kappa shape index (κ2) is 4.30. The van der Waals surface area contributed by atoms with Crippen molar-refractivity contribution in [3.8, 4) is 11.8 Å². The van der Waals surface area contributed by atoms with Crippen LogP contribution in [0, 0.1) is 11.3 Å². The second-order valence-electron chi connectivity index (χ2n) is 4.30. The van der Waals surface area contributed by atoms with Crippen molar-refractivity contribution in [3.05, 3.63) is 28.8 Å². The number of alkyl halides is 1. The number of hydrogen-bond donors (Lipinski definition) is 1. The van der Waals surface area contributed by atoms with E-state index in [9.17, 15) is 14.3 Å². The van der Waals surface area contributed by atoms with Crippen LogP contribution in [0.4, 0.5) is 4.39 Å². The standard InChI is InChI=1S/C13H12FNO3/c1-18-11-8(7-15)3-4-9(10(11)12(16)17)13(14)5-2-6-13/h3-4H,2,5-6H2,1H3,(H,16,17). The van der Waals surface area contributed by atoms with E-state index in [1.165, 1.54) is 19.2 Å². The molecule has 0 spiro atoms. The topological polar surface area (TPSA) is 70.3 Å². The number of benzene rings is 1. The first-order valence-corrected chi connectivity index (χ1v) is 5.57. The lowest BCUT2D eigenvalue weighted by Gasteiger charge is -2.35. The number of nitriles is 1. The van der Waals surface area contributed by atoms with Crippen LogP contribution in [0.5, 0.6) is 5.75 Å². The van der Waals surface area contributed by atoms with Crippen LogP contribution in [0.25, 0.3) is 0 Å². The SMILES string of the molecule is COc1c(C#N)ccc(C2(F)CCC2)c1C(=O)O. The predicted molar refractivity (Wildman–Crippen MR) is 61.3 cm³/mol. The summed E-state index contributed by atoms with van der Waals surface area (Å²) in [6.45, 7) is 0. The molecule has 4 nitrogen and oxygen atoms in total. The summed E-state index contributed by atoms with van der Waals surface area (Å²) < 4.78 is 19.4. The van der Waals surface area contributed by atoms with Crippen LogP contribution in [0.1, 0.15) is 40.7 Å². The molecule has 2 rings (SSSR count). The number of methoxy groups -OCH3 is 1. The van der Waals surface area contributed by atoms with Gasteiger partial charge in [0.2, 0.25) is 0 Å². The Morgan fingerprint density at radius 3 is 2.61 bits per heavy atom. The van der Waals surface area contributed by atoms with Gasteiger partial charge in [0.25, 0.3) is 0 Å². The average molecular weight is 249 g/mol. The van der Waals surface area contributed by atoms with Gasteiger partial charge in [-0.3, -0.25) is 0 Å². The third-order valence-corrected chi connectivity index (χ3v) is 3.32. The molecule has 1 aromatic rings. The molecule has 1 aromatic carbocycles. The lowest BCUT2D eigenvalue weighted by Crippen LogP contribution is -2.31. The molecule has 18 heavy (non-hydrogen) atoms. The molecule has 5 heteroatoms. The summed E-state index contributed by atoms with van der Waals surface area (Å²) >= 11 is 0. The smallest absolute Gasteiger partial charge is 0.339 e. The third-order valence-electron chi connectivity index (χ3n) is 3.32. The minimum Gasteiger partial charge on any atom is -0.494 e. The monoisotopic (exact) mass is 249 g/mol. The highest BCUT2D eigenvalue weighted by Crippen LogP contribution is 2.48. The van der Waals surface area contributed by atoms with E-state index in [0.717, 1.165) is 6.42 Å². The predicted octanol–water partition coefficient (Wildman–Crippen LogP) is 2.61. The van der Waals surface area contributed by atoms with Crippen molar-refractivity contribution in [2.75, 3.05) is 7.11 Å². The van der Waals surface area contributed by atoms with Gasteiger partial charge in [-0.2, -0.15) is 5.26 Å². The fraction of sp³-hybridized carbons (Fsp3) is 0.385. The average Bonchev–Trinajstić information content (AvgIpc) is 2.33. The minimum absolute atomic E-state index is 0.0635. The van der Waals surface area contributed by atoms with Crippen LogP contribution in [0.3, 0.4) is 0 Å². The maximum Gasteiger partial charge on any atom is 0.339 e. The Morgan fingerprint density at radius 1 is 1.56 bits per heavy atom. The summed E-state index contributed by atoms with van der Waals surface area (Å²) in [5.74, 6) is -1.34. The Labute approximate surface area is 104 Å². The Hall–Kier alpha value is -2.09. The molecule has 94 valence electrons. The van der Waals surface area contributed by atoms with Gasteiger partial charge in [-0.05, 0) is 25.3 Å². The number of nitrogens with zero attached hydrogens (tertiary/aromatic N) is 1. The van der Waals surface area contributed by atoms with Crippen molar-refractivity contribution in [2.24, 2.45) is 0 Å². The summed E-state index contributed by atoms with van der Waals surface area (Å²) in [4.78, 5) is 11.3. The molecule has 0 aliphatic heterocycles. The molecular weight excluding hydrogens is 237 g/mol. The van der Waals surface area contributed by atoms with E-state index in [-0.39, 0.29) is 22.4 Å². The molecule has 1 saturated carbocycles. The van der Waals surface area contributed by atoms with E-state index < -0.39 is 11.6 Å². The number of aromatic carboxylic acids is 1. The van der Waals surface area contributed by atoms with E-state index >= 15 is 0 Å². The highest BCUT2D eigenvalue weighted by molar-refractivity contribution is 5.94. The Kier molecular flexibility index (Phi) is 2.95. The molecule has 0 bridgehead atoms. The maximum atomic E-state index is 14.4. The minimum atomic E-state index is -1.60. The normalized spacial score (nSPS) is 16.5. The molecule has 1 aliphatic carbocycles. The molecule has 0 aromatic heterocycles. The van der Waals surface area contributed by atoms with Gasteiger partial charge in [-0.15, -0.1) is 0 Å². The molecule has 0 saturated heterocycles. The summed E-state index contributed by atoms with van der Waals surface area (Å²) in [6.07, 6.45) is 1.35. The number of carboxylic acids is 1. The molecule has 0 amide bonds. The Morgan fingerprint density at radius 2 is 2.22 bits per heavy atom. The van der Waals surface area contributed by atoms with Crippen molar-refractivity contribution in [1.82, 2.24) is 0 Å². The molecular formula is C13H12FNO3. The maximum absolute atomic E-state index is 14.4. The largest absolute Gasteiger partial charge is 0.494 e. The number of carboxylic acid groups (broad SMARTS) is 1. The van der Waals surface area contributed by atoms with Gasteiger partial charge in [-0.1, -0.05) is 6.07 Å². The fourth-order valence-corrected chi connectivity index (χ4v) is 2.22. The number of hydrogen-bond acceptors (Lipinski definition) is 3. The number of carbonyl (C=O) groups is 1. The Bertz CT molecular complexity index is 544. The zero-order valence-electron chi connectivity index (χ0n) is 9.86. The van der Waals surface area contributed by atoms with Crippen LogP contribution in [0.15, 0.2) is 12.1 Å². The lowest BCUT2D eigenvalue weighted by atomic mass is 9.74. The first-order valence-electron chi connectivity index (χ1n) is 5.57. The number of ether oxygens (including phenoxy) is 1. The van der Waals surface area contributed by atoms with Crippen molar-refractivity contribution < 1.29 is 19.0 Å². The Balaban J connectivity index is 2.68. The van der Waals surface area contributed by atoms with Crippen LogP contribution >= 0.6 is 0 Å². The first-order chi connectivity index (χ1) is 8.53. The first kappa shape index (κ1) is 12.4. The van der Waals surface area contributed by atoms with Crippen LogP contribution in [-0.2, 0) is 5.67 Å². The van der Waals surface area contributed by atoms with Crippen LogP contribution in [0.2, 0.25) is 0 Å². The third kappa shape index (κ3) is 1.70. The van der Waals surface area contributed by atoms with Gasteiger partial charge < -0.3 is 9.84 Å². The highest BCUT2D eigenvalue weighted by Gasteiger charge is 2.42. The van der Waals surface area contributed by atoms with Gasteiger partial charge in [-0.25, -0.2) is 9.18 Å². The zero-order valence-corrected chi connectivity index (χ0v) is 9.86. The van der Waals surface area contributed by atoms with E-state index in [0.29, 0.717) is 12.8 Å². The molecule has 0 atom stereocenters. The van der Waals surface area contributed by atoms with E-state index in [1.807, 2.05) is 6.07 Å². The van der Waals surface area contributed by atoms with Gasteiger partial charge >= 0.3 is 5.97 Å². The van der Waals surface area contributed by atoms with Crippen LogP contribution in [-0.4, -0.2) is 18.2 Å². The van der Waals surface area contributed by atoms with E-state index in [4.69, 9.17) is 10.00 Å². The summed E-state index contributed by atoms with van der Waals surface area (Å²) in [7, 11) is 1.28. The molecule has 0 heterocycles. The highest BCUT2D eigenvalue weighted by atomic mass is 19.1. The van der Waals surface area contributed by atoms with Crippen molar-refractivity contribution in [3.63, 3.8) is 0 Å². The molecule has 1 aliphatic rings. The van der Waals surface area contributed by atoms with E-state index in [2.05, 4.69) is 0 Å². The second-order valence-corrected chi connectivity index (χ2v) is 4.30. The lowest BCUT2D eigenvalue weighted by molar-refractivity contribution is 0.0536. The molecule has 0 radical (unpaired) electrons. The zero-order chi connectivity index (χ0) is 13.3. The quantitative estimate of drug-likeness (QED) is 0.893. The number of rotatable bonds is 3. The van der Waals surface area contributed by atoms with Gasteiger partial charge in [0.15, 0.2) is 5.75 Å². The summed E-state index contributed by atoms with van der Waals surface area (Å²) in [5, 5.41) is 18.1. The van der Waals surface area contributed by atoms with Crippen molar-refractivity contribution in [2.45, 2.75) is 24.9 Å². The van der Waals surface area contributed by atoms with Gasteiger partial charge in [0.1, 0.15) is 17.3 Å². The molecule has 1 N–H and O–H groups in total.